The van der Waals surface area contributed by atoms with Crippen molar-refractivity contribution in [3.63, 3.8) is 0 Å². The van der Waals surface area contributed by atoms with Crippen molar-refractivity contribution in [1.29, 1.82) is 0 Å². The Morgan fingerprint density at radius 1 is 1.33 bits per heavy atom. The minimum Gasteiger partial charge on any atom is -0.379 e. The minimum atomic E-state index is 0.549. The molecule has 2 nitrogen and oxygen atoms in total. The van der Waals surface area contributed by atoms with Gasteiger partial charge in [-0.1, -0.05) is 0 Å². The molecule has 2 heterocycles. The zero-order valence-electron chi connectivity index (χ0n) is 9.75. The van der Waals surface area contributed by atoms with E-state index in [4.69, 9.17) is 4.74 Å². The Morgan fingerprint density at radius 3 is 2.53 bits per heavy atom. The lowest BCUT2D eigenvalue weighted by molar-refractivity contribution is 0.0204. The van der Waals surface area contributed by atoms with Crippen molar-refractivity contribution in [2.24, 2.45) is 0 Å². The van der Waals surface area contributed by atoms with Crippen LogP contribution in [0, 0.1) is 13.8 Å². The van der Waals surface area contributed by atoms with Crippen LogP contribution in [0.4, 0.5) is 0 Å². The van der Waals surface area contributed by atoms with E-state index in [9.17, 15) is 0 Å². The average molecular weight is 225 g/mol. The molecule has 0 amide bonds. The molecule has 84 valence electrons. The Labute approximate surface area is 95.9 Å². The quantitative estimate of drug-likeness (QED) is 0.767. The van der Waals surface area contributed by atoms with Crippen LogP contribution in [0.25, 0.3) is 0 Å². The number of thiophene rings is 1. The molecule has 0 aliphatic carbocycles. The summed E-state index contributed by atoms with van der Waals surface area (Å²) in [6, 6.07) is 0.549. The maximum atomic E-state index is 5.38. The molecule has 1 unspecified atom stereocenters. The number of hydrogen-bond donors (Lipinski definition) is 0. The Bertz CT molecular complexity index is 328. The average Bonchev–Trinajstić information content (AvgIpc) is 2.60. The van der Waals surface area contributed by atoms with Crippen molar-refractivity contribution in [2.45, 2.75) is 26.8 Å². The van der Waals surface area contributed by atoms with Crippen LogP contribution in [0.2, 0.25) is 0 Å². The Kier molecular flexibility index (Phi) is 3.44. The molecule has 1 atom stereocenters. The predicted octanol–water partition coefficient (Wildman–Crippen LogP) is 2.76. The smallest absolute Gasteiger partial charge is 0.0594 e. The van der Waals surface area contributed by atoms with E-state index < -0.39 is 0 Å². The van der Waals surface area contributed by atoms with Gasteiger partial charge in [0.15, 0.2) is 0 Å². The van der Waals surface area contributed by atoms with Gasteiger partial charge in [0.1, 0.15) is 0 Å². The van der Waals surface area contributed by atoms with Crippen LogP contribution in [0.1, 0.15) is 29.0 Å². The first-order valence-electron chi connectivity index (χ1n) is 5.56. The fourth-order valence-corrected chi connectivity index (χ4v) is 3.23. The van der Waals surface area contributed by atoms with Crippen molar-refractivity contribution >= 4 is 11.3 Å². The predicted molar refractivity (Wildman–Crippen MR) is 64.6 cm³/mol. The molecule has 15 heavy (non-hydrogen) atoms. The molecule has 0 bridgehead atoms. The SMILES string of the molecule is Cc1csc(C(C)N2CCOCC2)c1C. The standard InChI is InChI=1S/C12H19NOS/c1-9-8-15-12(10(9)2)11(3)13-4-6-14-7-5-13/h8,11H,4-7H2,1-3H3. The van der Waals surface area contributed by atoms with E-state index in [0.717, 1.165) is 26.3 Å². The summed E-state index contributed by atoms with van der Waals surface area (Å²) < 4.78 is 5.38. The van der Waals surface area contributed by atoms with E-state index >= 15 is 0 Å². The largest absolute Gasteiger partial charge is 0.379 e. The van der Waals surface area contributed by atoms with Crippen LogP contribution in [0.5, 0.6) is 0 Å². The molecule has 1 fully saturated rings. The fourth-order valence-electron chi connectivity index (χ4n) is 2.07. The lowest BCUT2D eigenvalue weighted by Crippen LogP contribution is -2.37. The van der Waals surface area contributed by atoms with Crippen molar-refractivity contribution in [3.05, 3.63) is 21.4 Å². The second kappa shape index (κ2) is 4.64. The van der Waals surface area contributed by atoms with Crippen LogP contribution in [-0.2, 0) is 4.74 Å². The van der Waals surface area contributed by atoms with Crippen LogP contribution < -0.4 is 0 Å². The molecule has 1 aliphatic rings. The van der Waals surface area contributed by atoms with Crippen LogP contribution >= 0.6 is 11.3 Å². The maximum absolute atomic E-state index is 5.38. The maximum Gasteiger partial charge on any atom is 0.0594 e. The molecule has 0 radical (unpaired) electrons. The lowest BCUT2D eigenvalue weighted by Gasteiger charge is -2.32. The van der Waals surface area contributed by atoms with Gasteiger partial charge in [-0.25, -0.2) is 0 Å². The molecular formula is C12H19NOS. The number of morpholine rings is 1. The van der Waals surface area contributed by atoms with Gasteiger partial charge in [0.25, 0.3) is 0 Å². The second-order valence-corrected chi connectivity index (χ2v) is 5.14. The molecule has 1 aromatic heterocycles. The summed E-state index contributed by atoms with van der Waals surface area (Å²) in [7, 11) is 0. The van der Waals surface area contributed by atoms with Crippen LogP contribution in [0.15, 0.2) is 5.38 Å². The highest BCUT2D eigenvalue weighted by Crippen LogP contribution is 2.31. The summed E-state index contributed by atoms with van der Waals surface area (Å²) in [5.41, 5.74) is 2.90. The molecule has 2 rings (SSSR count). The first-order chi connectivity index (χ1) is 7.20. The molecule has 1 aromatic rings. The summed E-state index contributed by atoms with van der Waals surface area (Å²) in [6.07, 6.45) is 0. The van der Waals surface area contributed by atoms with Gasteiger partial charge in [-0.15, -0.1) is 11.3 Å². The molecule has 0 spiro atoms. The summed E-state index contributed by atoms with van der Waals surface area (Å²) in [5.74, 6) is 0. The van der Waals surface area contributed by atoms with Gasteiger partial charge in [-0.2, -0.15) is 0 Å². The molecule has 1 saturated heterocycles. The Morgan fingerprint density at radius 2 is 2.00 bits per heavy atom. The van der Waals surface area contributed by atoms with Gasteiger partial charge >= 0.3 is 0 Å². The fraction of sp³-hybridized carbons (Fsp3) is 0.667. The highest BCUT2D eigenvalue weighted by atomic mass is 32.1. The summed E-state index contributed by atoms with van der Waals surface area (Å²) in [6.45, 7) is 10.6. The highest BCUT2D eigenvalue weighted by molar-refractivity contribution is 7.10. The van der Waals surface area contributed by atoms with Crippen molar-refractivity contribution in [1.82, 2.24) is 4.90 Å². The molecule has 0 saturated carbocycles. The van der Waals surface area contributed by atoms with E-state index in [-0.39, 0.29) is 0 Å². The number of aryl methyl sites for hydroxylation is 1. The first kappa shape index (κ1) is 11.1. The van der Waals surface area contributed by atoms with Gasteiger partial charge in [0.05, 0.1) is 13.2 Å². The third-order valence-electron chi connectivity index (χ3n) is 3.30. The van der Waals surface area contributed by atoms with E-state index in [0.29, 0.717) is 6.04 Å². The monoisotopic (exact) mass is 225 g/mol. The molecule has 1 aliphatic heterocycles. The summed E-state index contributed by atoms with van der Waals surface area (Å²) in [4.78, 5) is 4.04. The topological polar surface area (TPSA) is 12.5 Å². The molecule has 0 N–H and O–H groups in total. The van der Waals surface area contributed by atoms with E-state index in [1.807, 2.05) is 11.3 Å². The Balaban J connectivity index is 2.12. The van der Waals surface area contributed by atoms with E-state index in [1.165, 1.54) is 16.0 Å². The molecule has 0 aromatic carbocycles. The van der Waals surface area contributed by atoms with Gasteiger partial charge < -0.3 is 4.74 Å². The molecule has 3 heteroatoms. The normalized spacial score (nSPS) is 20.5. The van der Waals surface area contributed by atoms with Gasteiger partial charge in [-0.05, 0) is 37.3 Å². The van der Waals surface area contributed by atoms with Crippen molar-refractivity contribution < 1.29 is 4.74 Å². The van der Waals surface area contributed by atoms with E-state index in [1.54, 1.807) is 0 Å². The van der Waals surface area contributed by atoms with Gasteiger partial charge in [-0.3, -0.25) is 4.90 Å². The van der Waals surface area contributed by atoms with Gasteiger partial charge in [0.2, 0.25) is 0 Å². The zero-order valence-corrected chi connectivity index (χ0v) is 10.6. The third-order valence-corrected chi connectivity index (χ3v) is 4.67. The number of ether oxygens (including phenoxy) is 1. The van der Waals surface area contributed by atoms with Crippen molar-refractivity contribution in [2.75, 3.05) is 26.3 Å². The minimum absolute atomic E-state index is 0.549. The number of nitrogens with zero attached hydrogens (tertiary/aromatic N) is 1. The van der Waals surface area contributed by atoms with Crippen molar-refractivity contribution in [3.8, 4) is 0 Å². The first-order valence-corrected chi connectivity index (χ1v) is 6.44. The highest BCUT2D eigenvalue weighted by Gasteiger charge is 2.21. The summed E-state index contributed by atoms with van der Waals surface area (Å²) in [5, 5.41) is 2.27. The zero-order chi connectivity index (χ0) is 10.8. The second-order valence-electron chi connectivity index (χ2n) is 4.23. The third kappa shape index (κ3) is 2.25. The summed E-state index contributed by atoms with van der Waals surface area (Å²) >= 11 is 1.90. The van der Waals surface area contributed by atoms with Crippen LogP contribution in [0.3, 0.4) is 0 Å². The number of rotatable bonds is 2. The Hall–Kier alpha value is -0.380. The molecular weight excluding hydrogens is 206 g/mol. The van der Waals surface area contributed by atoms with Crippen LogP contribution in [-0.4, -0.2) is 31.2 Å². The van der Waals surface area contributed by atoms with E-state index in [2.05, 4.69) is 31.1 Å². The van der Waals surface area contributed by atoms with Gasteiger partial charge in [0, 0.05) is 24.0 Å². The number of hydrogen-bond acceptors (Lipinski definition) is 3. The lowest BCUT2D eigenvalue weighted by atomic mass is 10.1.